The predicted octanol–water partition coefficient (Wildman–Crippen LogP) is 4.02. The highest BCUT2D eigenvalue weighted by Gasteiger charge is 1.96. The van der Waals surface area contributed by atoms with Gasteiger partial charge in [0.25, 0.3) is 0 Å². The molecule has 0 saturated heterocycles. The van der Waals surface area contributed by atoms with Gasteiger partial charge in [0.1, 0.15) is 17.9 Å². The summed E-state index contributed by atoms with van der Waals surface area (Å²) < 4.78 is 6.96. The summed E-state index contributed by atoms with van der Waals surface area (Å²) in [6.45, 7) is 0.371. The number of anilines is 1. The zero-order valence-corrected chi connectivity index (χ0v) is 10.5. The Balaban J connectivity index is 1.78. The monoisotopic (exact) mass is 259 g/mol. The van der Waals surface area contributed by atoms with E-state index >= 15 is 0 Å². The Hall–Kier alpha value is -2.01. The Morgan fingerprint density at radius 3 is 2.50 bits per heavy atom. The van der Waals surface area contributed by atoms with Gasteiger partial charge < -0.3 is 9.83 Å². The third kappa shape index (κ3) is 3.78. The average molecular weight is 259 g/mol. The molecule has 0 aliphatic carbocycles. The predicted molar refractivity (Wildman–Crippen MR) is 74.3 cm³/mol. The summed E-state index contributed by atoms with van der Waals surface area (Å²) in [6.07, 6.45) is 0. The van der Waals surface area contributed by atoms with Gasteiger partial charge in [-0.3, -0.25) is 0 Å². The summed E-state index contributed by atoms with van der Waals surface area (Å²) in [4.78, 5) is 0. The molecule has 0 radical (unpaired) electrons. The van der Waals surface area contributed by atoms with Crippen LogP contribution >= 0.6 is 12.1 Å². The fourth-order valence-corrected chi connectivity index (χ4v) is 1.76. The lowest BCUT2D eigenvalue weighted by molar-refractivity contribution is 0.468. The summed E-state index contributed by atoms with van der Waals surface area (Å²) in [5.41, 5.74) is 1.74. The first kappa shape index (κ1) is 12.4. The number of hydrogen-bond acceptors (Lipinski definition) is 5. The number of rotatable bonds is 5. The van der Waals surface area contributed by atoms with E-state index in [-0.39, 0.29) is 5.75 Å². The van der Waals surface area contributed by atoms with Gasteiger partial charge in [0.05, 0.1) is 6.54 Å². The molecule has 0 heterocycles. The topological polar surface area (TPSA) is 57.0 Å². The molecule has 2 aromatic rings. The van der Waals surface area contributed by atoms with Crippen LogP contribution in [0.5, 0.6) is 5.75 Å². The van der Waals surface area contributed by atoms with Crippen LogP contribution in [-0.4, -0.2) is 5.11 Å². The standard InChI is InChI=1S/C13H13N3OS/c17-13-9-5-4-6-11(13)10-14-16-18-15-12-7-2-1-3-8-12/h1-9,15,17H,10H2. The van der Waals surface area contributed by atoms with Crippen molar-refractivity contribution in [1.82, 2.24) is 0 Å². The van der Waals surface area contributed by atoms with Crippen LogP contribution in [0, 0.1) is 0 Å². The maximum Gasteiger partial charge on any atom is 0.120 e. The van der Waals surface area contributed by atoms with E-state index in [0.29, 0.717) is 6.54 Å². The minimum Gasteiger partial charge on any atom is -0.508 e. The lowest BCUT2D eigenvalue weighted by Gasteiger charge is -2.00. The van der Waals surface area contributed by atoms with Gasteiger partial charge in [-0.05, 0) is 18.2 Å². The number of nitrogens with one attached hydrogen (secondary N) is 1. The zero-order valence-electron chi connectivity index (χ0n) is 9.65. The van der Waals surface area contributed by atoms with Gasteiger partial charge >= 0.3 is 0 Å². The Bertz CT molecular complexity index is 517. The van der Waals surface area contributed by atoms with E-state index in [9.17, 15) is 5.11 Å². The average Bonchev–Trinajstić information content (AvgIpc) is 2.42. The van der Waals surface area contributed by atoms with E-state index in [4.69, 9.17) is 0 Å². The molecule has 2 aromatic carbocycles. The minimum atomic E-state index is 0.248. The lowest BCUT2D eigenvalue weighted by Crippen LogP contribution is -1.83. The first-order valence-electron chi connectivity index (χ1n) is 5.47. The highest BCUT2D eigenvalue weighted by molar-refractivity contribution is 7.99. The van der Waals surface area contributed by atoms with Crippen molar-refractivity contribution in [1.29, 1.82) is 0 Å². The highest BCUT2D eigenvalue weighted by Crippen LogP contribution is 2.18. The van der Waals surface area contributed by atoms with Crippen molar-refractivity contribution in [2.45, 2.75) is 6.54 Å². The van der Waals surface area contributed by atoms with E-state index in [0.717, 1.165) is 23.4 Å². The van der Waals surface area contributed by atoms with Crippen molar-refractivity contribution < 1.29 is 5.11 Å². The van der Waals surface area contributed by atoms with E-state index in [1.54, 1.807) is 12.1 Å². The van der Waals surface area contributed by atoms with Crippen LogP contribution in [0.1, 0.15) is 5.56 Å². The largest absolute Gasteiger partial charge is 0.508 e. The molecule has 5 heteroatoms. The second-order valence-electron chi connectivity index (χ2n) is 3.57. The van der Waals surface area contributed by atoms with Crippen LogP contribution in [0.3, 0.4) is 0 Å². The number of phenols is 1. The van der Waals surface area contributed by atoms with Gasteiger partial charge in [-0.25, -0.2) is 0 Å². The zero-order chi connectivity index (χ0) is 12.6. The van der Waals surface area contributed by atoms with Crippen LogP contribution in [0.2, 0.25) is 0 Å². The van der Waals surface area contributed by atoms with Crippen molar-refractivity contribution in [3.63, 3.8) is 0 Å². The smallest absolute Gasteiger partial charge is 0.120 e. The number of aromatic hydroxyl groups is 1. The van der Waals surface area contributed by atoms with E-state index in [1.165, 1.54) is 0 Å². The second kappa shape index (κ2) is 6.66. The molecular weight excluding hydrogens is 246 g/mol. The van der Waals surface area contributed by atoms with Gasteiger partial charge in [-0.1, -0.05) is 40.9 Å². The molecule has 0 aromatic heterocycles. The van der Waals surface area contributed by atoms with Crippen molar-refractivity contribution in [3.05, 3.63) is 60.2 Å². The lowest BCUT2D eigenvalue weighted by atomic mass is 10.2. The molecule has 18 heavy (non-hydrogen) atoms. The summed E-state index contributed by atoms with van der Waals surface area (Å²) in [7, 11) is 0. The van der Waals surface area contributed by atoms with Crippen molar-refractivity contribution in [2.24, 2.45) is 9.63 Å². The fourth-order valence-electron chi connectivity index (χ4n) is 1.36. The SMILES string of the molecule is Oc1ccccc1CN=NSNc1ccccc1. The Kier molecular flexibility index (Phi) is 4.60. The van der Waals surface area contributed by atoms with Gasteiger partial charge in [-0.2, -0.15) is 5.11 Å². The molecule has 0 aliphatic heterocycles. The third-order valence-electron chi connectivity index (χ3n) is 2.27. The van der Waals surface area contributed by atoms with Crippen LogP contribution < -0.4 is 4.72 Å². The van der Waals surface area contributed by atoms with Gasteiger partial charge in [0.2, 0.25) is 0 Å². The molecule has 4 nitrogen and oxygen atoms in total. The maximum absolute atomic E-state index is 9.52. The Morgan fingerprint density at radius 2 is 1.72 bits per heavy atom. The first-order valence-corrected chi connectivity index (χ1v) is 6.24. The van der Waals surface area contributed by atoms with Crippen LogP contribution in [-0.2, 0) is 6.54 Å². The molecule has 0 saturated carbocycles. The Labute approximate surface area is 110 Å². The quantitative estimate of drug-likeness (QED) is 0.630. The van der Waals surface area contributed by atoms with E-state index < -0.39 is 0 Å². The number of phenolic OH excluding ortho intramolecular Hbond substituents is 1. The fraction of sp³-hybridized carbons (Fsp3) is 0.0769. The van der Waals surface area contributed by atoms with E-state index in [1.807, 2.05) is 42.5 Å². The molecule has 0 aliphatic rings. The summed E-state index contributed by atoms with van der Waals surface area (Å²) in [5.74, 6) is 0.248. The summed E-state index contributed by atoms with van der Waals surface area (Å²) in [6, 6.07) is 16.8. The maximum atomic E-state index is 9.52. The molecule has 0 unspecified atom stereocenters. The van der Waals surface area contributed by atoms with Gasteiger partial charge in [0, 0.05) is 11.3 Å². The van der Waals surface area contributed by atoms with Crippen molar-refractivity contribution >= 4 is 17.8 Å². The third-order valence-corrected chi connectivity index (χ3v) is 2.79. The minimum absolute atomic E-state index is 0.248. The molecule has 2 N–H and O–H groups in total. The highest BCUT2D eigenvalue weighted by atomic mass is 32.2. The second-order valence-corrected chi connectivity index (χ2v) is 4.12. The first-order chi connectivity index (χ1) is 8.86. The Morgan fingerprint density at radius 1 is 1.00 bits per heavy atom. The molecule has 0 spiro atoms. The van der Waals surface area contributed by atoms with Gasteiger partial charge in [-0.15, -0.1) is 0 Å². The van der Waals surface area contributed by atoms with Crippen molar-refractivity contribution in [2.75, 3.05) is 4.72 Å². The molecule has 2 rings (SSSR count). The molecule has 0 amide bonds. The summed E-state index contributed by atoms with van der Waals surface area (Å²) >= 11 is 1.16. The molecule has 0 bridgehead atoms. The van der Waals surface area contributed by atoms with Crippen LogP contribution in [0.25, 0.3) is 0 Å². The molecule has 92 valence electrons. The normalized spacial score (nSPS) is 10.7. The molecule has 0 fully saturated rings. The van der Waals surface area contributed by atoms with Crippen molar-refractivity contribution in [3.8, 4) is 5.75 Å². The number of hydrogen-bond donors (Lipinski definition) is 2. The number of nitrogens with zero attached hydrogens (tertiary/aromatic N) is 2. The van der Waals surface area contributed by atoms with Crippen LogP contribution in [0.4, 0.5) is 5.69 Å². The molecule has 0 atom stereocenters. The van der Waals surface area contributed by atoms with Gasteiger partial charge in [0.15, 0.2) is 0 Å². The number of para-hydroxylation sites is 2. The van der Waals surface area contributed by atoms with E-state index in [2.05, 4.69) is 14.4 Å². The number of benzene rings is 2. The van der Waals surface area contributed by atoms with Crippen LogP contribution in [0.15, 0.2) is 64.2 Å². The molecular formula is C13H13N3OS. The summed E-state index contributed by atoms with van der Waals surface area (Å²) in [5, 5.41) is 13.5.